The van der Waals surface area contributed by atoms with E-state index in [0.717, 1.165) is 32.1 Å². The number of hydrogen-bond donors (Lipinski definition) is 1. The maximum Gasteiger partial charge on any atom is 0.108 e. The molecule has 64 valence electrons. The Balaban J connectivity index is 2.00. The molecule has 0 aromatic carbocycles. The predicted molar refractivity (Wildman–Crippen MR) is 38.9 cm³/mol. The lowest BCUT2D eigenvalue weighted by molar-refractivity contribution is -0.318. The zero-order valence-electron chi connectivity index (χ0n) is 6.58. The molecular weight excluding hydrogens is 144 g/mol. The Bertz CT molecular complexity index is 140. The van der Waals surface area contributed by atoms with Gasteiger partial charge in [0.15, 0.2) is 0 Å². The summed E-state index contributed by atoms with van der Waals surface area (Å²) >= 11 is 0. The fourth-order valence-electron chi connectivity index (χ4n) is 2.03. The molecule has 2 rings (SSSR count). The summed E-state index contributed by atoms with van der Waals surface area (Å²) in [6.07, 6.45) is 4.56. The van der Waals surface area contributed by atoms with Crippen LogP contribution in [0, 0.1) is 0 Å². The van der Waals surface area contributed by atoms with Crippen molar-refractivity contribution < 1.29 is 14.9 Å². The van der Waals surface area contributed by atoms with Crippen LogP contribution in [0.25, 0.3) is 0 Å². The molecule has 0 bridgehead atoms. The van der Waals surface area contributed by atoms with Crippen molar-refractivity contribution in [3.63, 3.8) is 0 Å². The molecular formula is C8H14O3. The molecule has 2 unspecified atom stereocenters. The van der Waals surface area contributed by atoms with Gasteiger partial charge in [0, 0.05) is 12.8 Å². The maximum atomic E-state index is 9.40. The Morgan fingerprint density at radius 1 is 1.36 bits per heavy atom. The van der Waals surface area contributed by atoms with Crippen LogP contribution < -0.4 is 0 Å². The Morgan fingerprint density at radius 2 is 2.27 bits per heavy atom. The predicted octanol–water partition coefficient (Wildman–Crippen LogP) is 1.01. The summed E-state index contributed by atoms with van der Waals surface area (Å²) < 4.78 is 0. The van der Waals surface area contributed by atoms with E-state index in [9.17, 15) is 5.11 Å². The molecule has 2 atom stereocenters. The second-order valence-electron chi connectivity index (χ2n) is 3.59. The third kappa shape index (κ3) is 1.41. The Kier molecular flexibility index (Phi) is 1.87. The first-order valence-corrected chi connectivity index (χ1v) is 4.29. The molecule has 1 heterocycles. The second kappa shape index (κ2) is 2.73. The first kappa shape index (κ1) is 7.53. The third-order valence-electron chi connectivity index (χ3n) is 2.65. The van der Waals surface area contributed by atoms with Gasteiger partial charge in [0.25, 0.3) is 0 Å². The first-order chi connectivity index (χ1) is 5.31. The molecule has 1 aliphatic carbocycles. The van der Waals surface area contributed by atoms with E-state index in [2.05, 4.69) is 0 Å². The van der Waals surface area contributed by atoms with Crippen molar-refractivity contribution in [2.24, 2.45) is 0 Å². The summed E-state index contributed by atoms with van der Waals surface area (Å²) in [6, 6.07) is 0. The molecule has 2 aliphatic rings. The molecule has 11 heavy (non-hydrogen) atoms. The molecule has 1 saturated carbocycles. The van der Waals surface area contributed by atoms with Gasteiger partial charge in [-0.2, -0.15) is 0 Å². The number of aliphatic hydroxyl groups is 1. The standard InChI is InChI=1S/C8H14O3/c9-7-2-1-3-8(6-7)4-5-10-11-8/h7,9H,1-6H2. The second-order valence-corrected chi connectivity index (χ2v) is 3.59. The van der Waals surface area contributed by atoms with E-state index in [4.69, 9.17) is 9.78 Å². The van der Waals surface area contributed by atoms with Crippen LogP contribution in [0.1, 0.15) is 32.1 Å². The van der Waals surface area contributed by atoms with Crippen molar-refractivity contribution in [2.45, 2.75) is 43.8 Å². The van der Waals surface area contributed by atoms with Gasteiger partial charge in [-0.25, -0.2) is 9.78 Å². The normalized spacial score (nSPS) is 45.0. The molecule has 3 nitrogen and oxygen atoms in total. The average molecular weight is 158 g/mol. The van der Waals surface area contributed by atoms with Crippen LogP contribution in [0.5, 0.6) is 0 Å². The molecule has 3 heteroatoms. The number of rotatable bonds is 0. The highest BCUT2D eigenvalue weighted by molar-refractivity contribution is 4.88. The van der Waals surface area contributed by atoms with E-state index in [1.54, 1.807) is 0 Å². The summed E-state index contributed by atoms with van der Waals surface area (Å²) in [5, 5.41) is 9.40. The monoisotopic (exact) mass is 158 g/mol. The largest absolute Gasteiger partial charge is 0.393 e. The lowest BCUT2D eigenvalue weighted by Crippen LogP contribution is -2.36. The molecule has 0 radical (unpaired) electrons. The zero-order valence-corrected chi connectivity index (χ0v) is 6.58. The van der Waals surface area contributed by atoms with Gasteiger partial charge in [0.1, 0.15) is 5.60 Å². The van der Waals surface area contributed by atoms with Crippen LogP contribution in [-0.2, 0) is 9.78 Å². The minimum Gasteiger partial charge on any atom is -0.393 e. The van der Waals surface area contributed by atoms with E-state index < -0.39 is 0 Å². The highest BCUT2D eigenvalue weighted by atomic mass is 17.2. The molecule has 0 aromatic rings. The minimum atomic E-state index is -0.176. The van der Waals surface area contributed by atoms with Crippen LogP contribution in [0.4, 0.5) is 0 Å². The van der Waals surface area contributed by atoms with Gasteiger partial charge in [-0.05, 0) is 19.3 Å². The Hall–Kier alpha value is -0.120. The van der Waals surface area contributed by atoms with Gasteiger partial charge in [-0.3, -0.25) is 0 Å². The highest BCUT2D eigenvalue weighted by Crippen LogP contribution is 2.37. The number of hydrogen-bond acceptors (Lipinski definition) is 3. The van der Waals surface area contributed by atoms with Crippen molar-refractivity contribution in [1.82, 2.24) is 0 Å². The fraction of sp³-hybridized carbons (Fsp3) is 1.00. The van der Waals surface area contributed by atoms with E-state index in [-0.39, 0.29) is 11.7 Å². The van der Waals surface area contributed by atoms with Gasteiger partial charge in [-0.1, -0.05) is 0 Å². The SMILES string of the molecule is OC1CCCC2(CCOO2)C1. The lowest BCUT2D eigenvalue weighted by Gasteiger charge is -2.32. The third-order valence-corrected chi connectivity index (χ3v) is 2.65. The molecule has 1 aliphatic heterocycles. The number of aliphatic hydroxyl groups excluding tert-OH is 1. The van der Waals surface area contributed by atoms with Crippen LogP contribution in [0.3, 0.4) is 0 Å². The van der Waals surface area contributed by atoms with E-state index >= 15 is 0 Å². The van der Waals surface area contributed by atoms with Gasteiger partial charge in [0.2, 0.25) is 0 Å². The summed E-state index contributed by atoms with van der Waals surface area (Å²) in [4.78, 5) is 10.1. The minimum absolute atomic E-state index is 0.127. The average Bonchev–Trinajstić information content (AvgIpc) is 2.37. The Morgan fingerprint density at radius 3 is 2.91 bits per heavy atom. The van der Waals surface area contributed by atoms with Gasteiger partial charge < -0.3 is 5.11 Å². The van der Waals surface area contributed by atoms with E-state index in [0.29, 0.717) is 6.61 Å². The summed E-state index contributed by atoms with van der Waals surface area (Å²) in [7, 11) is 0. The summed E-state index contributed by atoms with van der Waals surface area (Å²) in [5.41, 5.74) is -0.127. The van der Waals surface area contributed by atoms with Gasteiger partial charge in [-0.15, -0.1) is 0 Å². The summed E-state index contributed by atoms with van der Waals surface area (Å²) in [5.74, 6) is 0. The molecule has 1 spiro atoms. The van der Waals surface area contributed by atoms with Crippen LogP contribution in [0.2, 0.25) is 0 Å². The van der Waals surface area contributed by atoms with Gasteiger partial charge >= 0.3 is 0 Å². The molecule has 1 saturated heterocycles. The van der Waals surface area contributed by atoms with Crippen LogP contribution in [0.15, 0.2) is 0 Å². The molecule has 0 aromatic heterocycles. The zero-order chi connectivity index (χ0) is 7.73. The molecule has 0 amide bonds. The molecule has 1 N–H and O–H groups in total. The Labute approximate surface area is 66.2 Å². The van der Waals surface area contributed by atoms with Gasteiger partial charge in [0.05, 0.1) is 12.7 Å². The topological polar surface area (TPSA) is 38.7 Å². The lowest BCUT2D eigenvalue weighted by atomic mass is 9.81. The van der Waals surface area contributed by atoms with Crippen LogP contribution in [-0.4, -0.2) is 23.4 Å². The van der Waals surface area contributed by atoms with E-state index in [1.807, 2.05) is 0 Å². The highest BCUT2D eigenvalue weighted by Gasteiger charge is 2.41. The van der Waals surface area contributed by atoms with Crippen molar-refractivity contribution in [2.75, 3.05) is 6.61 Å². The van der Waals surface area contributed by atoms with Crippen molar-refractivity contribution in [3.05, 3.63) is 0 Å². The van der Waals surface area contributed by atoms with Crippen molar-refractivity contribution in [3.8, 4) is 0 Å². The van der Waals surface area contributed by atoms with E-state index in [1.165, 1.54) is 0 Å². The van der Waals surface area contributed by atoms with Crippen LogP contribution >= 0.6 is 0 Å². The van der Waals surface area contributed by atoms with Crippen molar-refractivity contribution >= 4 is 0 Å². The quantitative estimate of drug-likeness (QED) is 0.535. The van der Waals surface area contributed by atoms with Crippen molar-refractivity contribution in [1.29, 1.82) is 0 Å². The fourth-order valence-corrected chi connectivity index (χ4v) is 2.03. The molecule has 2 fully saturated rings. The maximum absolute atomic E-state index is 9.40. The summed E-state index contributed by atoms with van der Waals surface area (Å²) in [6.45, 7) is 0.687. The smallest absolute Gasteiger partial charge is 0.108 e. The first-order valence-electron chi connectivity index (χ1n) is 4.29.